The van der Waals surface area contributed by atoms with Crippen molar-refractivity contribution < 1.29 is 41.7 Å². The number of fused-ring (bicyclic) bond motifs is 1. The SMILES string of the molecule is Cn1nc(-c2cc(C(F)(F)F)c(F)c(O)c2F)c2cnc(N3CCOCC3C(=O)O)nc21. The van der Waals surface area contributed by atoms with Gasteiger partial charge in [-0.15, -0.1) is 0 Å². The first kappa shape index (κ1) is 21.7. The number of aliphatic carboxylic acids is 1. The largest absolute Gasteiger partial charge is 0.503 e. The third kappa shape index (κ3) is 3.45. The van der Waals surface area contributed by atoms with Gasteiger partial charge < -0.3 is 19.8 Å². The fraction of sp³-hybridized carbons (Fsp3) is 0.333. The van der Waals surface area contributed by atoms with E-state index >= 15 is 0 Å². The second-order valence-electron chi connectivity index (χ2n) is 6.95. The first-order chi connectivity index (χ1) is 15.0. The van der Waals surface area contributed by atoms with Crippen molar-refractivity contribution in [3.63, 3.8) is 0 Å². The number of carboxylic acid groups (broad SMARTS) is 1. The molecule has 0 radical (unpaired) electrons. The Morgan fingerprint density at radius 1 is 1.28 bits per heavy atom. The summed E-state index contributed by atoms with van der Waals surface area (Å²) in [5, 5.41) is 22.9. The van der Waals surface area contributed by atoms with Gasteiger partial charge in [-0.2, -0.15) is 23.3 Å². The lowest BCUT2D eigenvalue weighted by Crippen LogP contribution is -2.50. The molecule has 1 fully saturated rings. The van der Waals surface area contributed by atoms with Gasteiger partial charge in [-0.3, -0.25) is 0 Å². The fourth-order valence-electron chi connectivity index (χ4n) is 3.41. The Hall–Kier alpha value is -3.55. The van der Waals surface area contributed by atoms with Gasteiger partial charge >= 0.3 is 12.1 Å². The van der Waals surface area contributed by atoms with Gasteiger partial charge in [0.2, 0.25) is 5.95 Å². The van der Waals surface area contributed by atoms with Crippen LogP contribution in [0.2, 0.25) is 0 Å². The highest BCUT2D eigenvalue weighted by Crippen LogP contribution is 2.41. The number of carbonyl (C=O) groups is 1. The summed E-state index contributed by atoms with van der Waals surface area (Å²) in [5.41, 5.74) is -2.96. The van der Waals surface area contributed by atoms with E-state index in [-0.39, 0.29) is 48.5 Å². The number of morpholine rings is 1. The fourth-order valence-corrected chi connectivity index (χ4v) is 3.41. The Kier molecular flexibility index (Phi) is 5.11. The molecule has 0 saturated carbocycles. The van der Waals surface area contributed by atoms with E-state index in [1.54, 1.807) is 0 Å². The lowest BCUT2D eigenvalue weighted by atomic mass is 10.0. The number of aromatic hydroxyl groups is 1. The van der Waals surface area contributed by atoms with Gasteiger partial charge in [0.1, 0.15) is 5.69 Å². The molecule has 1 aliphatic heterocycles. The summed E-state index contributed by atoms with van der Waals surface area (Å²) in [7, 11) is 1.38. The lowest BCUT2D eigenvalue weighted by Gasteiger charge is -2.32. The van der Waals surface area contributed by atoms with E-state index in [1.807, 2.05) is 0 Å². The molecular weight excluding hydrogens is 445 g/mol. The Balaban J connectivity index is 1.87. The predicted molar refractivity (Wildman–Crippen MR) is 97.9 cm³/mol. The van der Waals surface area contributed by atoms with Crippen LogP contribution in [-0.4, -0.2) is 61.7 Å². The Morgan fingerprint density at radius 2 is 2.00 bits per heavy atom. The molecule has 3 heterocycles. The molecule has 0 amide bonds. The topological polar surface area (TPSA) is 114 Å². The average Bonchev–Trinajstić information content (AvgIpc) is 3.07. The Bertz CT molecular complexity index is 1230. The van der Waals surface area contributed by atoms with Gasteiger partial charge in [-0.25, -0.2) is 23.2 Å². The third-order valence-corrected chi connectivity index (χ3v) is 4.98. The second kappa shape index (κ2) is 7.55. The van der Waals surface area contributed by atoms with Gasteiger partial charge in [0.05, 0.1) is 24.2 Å². The minimum atomic E-state index is -5.19. The van der Waals surface area contributed by atoms with Crippen LogP contribution < -0.4 is 4.90 Å². The molecule has 9 nitrogen and oxygen atoms in total. The zero-order valence-corrected chi connectivity index (χ0v) is 16.2. The summed E-state index contributed by atoms with van der Waals surface area (Å²) in [4.78, 5) is 21.2. The van der Waals surface area contributed by atoms with Crippen LogP contribution in [0.1, 0.15) is 5.56 Å². The summed E-state index contributed by atoms with van der Waals surface area (Å²) < 4.78 is 74.1. The molecule has 0 aliphatic carbocycles. The van der Waals surface area contributed by atoms with Gasteiger partial charge in [0, 0.05) is 25.4 Å². The maximum atomic E-state index is 14.5. The molecule has 0 spiro atoms. The van der Waals surface area contributed by atoms with Crippen molar-refractivity contribution in [3.8, 4) is 17.0 Å². The molecular formula is C18H14F5N5O4. The maximum Gasteiger partial charge on any atom is 0.419 e. The highest BCUT2D eigenvalue weighted by molar-refractivity contribution is 5.92. The van der Waals surface area contributed by atoms with E-state index < -0.39 is 46.7 Å². The molecule has 3 aromatic rings. The molecule has 1 unspecified atom stereocenters. The number of hydrogen-bond acceptors (Lipinski definition) is 7. The minimum absolute atomic E-state index is 0.00107. The molecule has 4 rings (SSSR count). The zero-order chi connectivity index (χ0) is 23.4. The van der Waals surface area contributed by atoms with Crippen molar-refractivity contribution in [1.29, 1.82) is 0 Å². The van der Waals surface area contributed by atoms with Crippen LogP contribution in [0.5, 0.6) is 5.75 Å². The van der Waals surface area contributed by atoms with Crippen molar-refractivity contribution >= 4 is 23.0 Å². The number of anilines is 1. The van der Waals surface area contributed by atoms with Crippen molar-refractivity contribution in [2.75, 3.05) is 24.7 Å². The first-order valence-electron chi connectivity index (χ1n) is 9.06. The number of aromatic nitrogens is 4. The van der Waals surface area contributed by atoms with E-state index in [0.717, 1.165) is 10.9 Å². The Labute approximate surface area is 175 Å². The summed E-state index contributed by atoms with van der Waals surface area (Å²) in [5.74, 6) is -6.71. The van der Waals surface area contributed by atoms with Gasteiger partial charge in [0.25, 0.3) is 0 Å². The van der Waals surface area contributed by atoms with Crippen molar-refractivity contribution in [2.24, 2.45) is 7.05 Å². The number of nitrogens with zero attached hydrogens (tertiary/aromatic N) is 5. The number of phenolic OH excluding ortho intramolecular Hbond substituents is 1. The van der Waals surface area contributed by atoms with Crippen LogP contribution in [-0.2, 0) is 22.8 Å². The Morgan fingerprint density at radius 3 is 2.66 bits per heavy atom. The van der Waals surface area contributed by atoms with E-state index in [9.17, 15) is 37.0 Å². The van der Waals surface area contributed by atoms with Crippen molar-refractivity contribution in [2.45, 2.75) is 12.2 Å². The highest BCUT2D eigenvalue weighted by Gasteiger charge is 2.38. The zero-order valence-electron chi connectivity index (χ0n) is 16.2. The summed E-state index contributed by atoms with van der Waals surface area (Å²) in [6.07, 6.45) is -4.05. The number of aryl methyl sites for hydroxylation is 1. The van der Waals surface area contributed by atoms with Gasteiger partial charge in [-0.05, 0) is 6.07 Å². The molecule has 0 bridgehead atoms. The van der Waals surface area contributed by atoms with Gasteiger partial charge in [0.15, 0.2) is 29.1 Å². The summed E-state index contributed by atoms with van der Waals surface area (Å²) >= 11 is 0. The number of benzene rings is 1. The van der Waals surface area contributed by atoms with E-state index in [4.69, 9.17) is 4.74 Å². The molecule has 1 saturated heterocycles. The monoisotopic (exact) mass is 459 g/mol. The number of ether oxygens (including phenoxy) is 1. The quantitative estimate of drug-likeness (QED) is 0.574. The summed E-state index contributed by atoms with van der Waals surface area (Å²) in [6, 6.07) is -0.850. The second-order valence-corrected chi connectivity index (χ2v) is 6.95. The van der Waals surface area contributed by atoms with E-state index in [0.29, 0.717) is 0 Å². The van der Waals surface area contributed by atoms with Crippen molar-refractivity contribution in [1.82, 2.24) is 19.7 Å². The molecule has 32 heavy (non-hydrogen) atoms. The molecule has 14 heteroatoms. The minimum Gasteiger partial charge on any atom is -0.503 e. The van der Waals surface area contributed by atoms with Crippen LogP contribution in [0, 0.1) is 11.6 Å². The smallest absolute Gasteiger partial charge is 0.419 e. The molecule has 2 aromatic heterocycles. The third-order valence-electron chi connectivity index (χ3n) is 4.98. The maximum absolute atomic E-state index is 14.5. The molecule has 1 atom stereocenters. The summed E-state index contributed by atoms with van der Waals surface area (Å²) in [6.45, 7) is 0.290. The van der Waals surface area contributed by atoms with Crippen LogP contribution in [0.15, 0.2) is 12.3 Å². The molecule has 1 aromatic carbocycles. The molecule has 170 valence electrons. The van der Waals surface area contributed by atoms with Crippen LogP contribution in [0.25, 0.3) is 22.3 Å². The lowest BCUT2D eigenvalue weighted by molar-refractivity contribution is -0.141. The predicted octanol–water partition coefficient (Wildman–Crippen LogP) is 2.32. The van der Waals surface area contributed by atoms with Crippen LogP contribution in [0.3, 0.4) is 0 Å². The molecule has 2 N–H and O–H groups in total. The highest BCUT2D eigenvalue weighted by atomic mass is 19.4. The normalized spacial score (nSPS) is 17.2. The first-order valence-corrected chi connectivity index (χ1v) is 9.06. The number of alkyl halides is 3. The van der Waals surface area contributed by atoms with Crippen LogP contribution in [0.4, 0.5) is 27.9 Å². The standard InChI is InChI=1S/C18H14F5N5O4/c1-27-15-8(5-24-17(25-15)28-2-3-32-6-10(28)16(30)31)13(26-27)7-4-9(18(21,22)23)12(20)14(29)11(7)19/h4-5,10,29H,2-3,6H2,1H3,(H,30,31). The number of rotatable bonds is 3. The average molecular weight is 459 g/mol. The number of hydrogen-bond donors (Lipinski definition) is 2. The van der Waals surface area contributed by atoms with Crippen molar-refractivity contribution in [3.05, 3.63) is 29.5 Å². The van der Waals surface area contributed by atoms with Gasteiger partial charge in [-0.1, -0.05) is 0 Å². The number of phenols is 1. The number of halogens is 5. The van der Waals surface area contributed by atoms with E-state index in [2.05, 4.69) is 15.1 Å². The molecule has 1 aliphatic rings. The number of carboxylic acids is 1. The van der Waals surface area contributed by atoms with Crippen LogP contribution >= 0.6 is 0 Å². The van der Waals surface area contributed by atoms with E-state index in [1.165, 1.54) is 11.9 Å².